The molecular weight excluding hydrogens is 261 g/mol. The molecule has 0 saturated heterocycles. The number of anilines is 1. The van der Waals surface area contributed by atoms with Crippen LogP contribution in [0.4, 0.5) is 15.8 Å². The van der Waals surface area contributed by atoms with Crippen LogP contribution in [-0.2, 0) is 0 Å². The minimum atomic E-state index is -0.455. The van der Waals surface area contributed by atoms with E-state index in [1.165, 1.54) is 12.1 Å². The number of benzene rings is 1. The van der Waals surface area contributed by atoms with Gasteiger partial charge in [-0.1, -0.05) is 6.42 Å². The van der Waals surface area contributed by atoms with E-state index in [9.17, 15) is 14.5 Å². The van der Waals surface area contributed by atoms with E-state index in [1.807, 2.05) is 11.8 Å². The zero-order valence-corrected chi connectivity index (χ0v) is 11.6. The van der Waals surface area contributed by atoms with Gasteiger partial charge in [0.2, 0.25) is 0 Å². The lowest BCUT2D eigenvalue weighted by atomic mass is 10.0. The number of nitrogens with zero attached hydrogens (tertiary/aromatic N) is 2. The summed E-state index contributed by atoms with van der Waals surface area (Å²) in [6.07, 6.45) is 3.04. The fourth-order valence-electron chi connectivity index (χ4n) is 3.17. The first-order valence-electron chi connectivity index (χ1n) is 6.99. The molecule has 0 aliphatic heterocycles. The number of nitro groups is 1. The van der Waals surface area contributed by atoms with Crippen LogP contribution in [0.3, 0.4) is 0 Å². The second kappa shape index (κ2) is 6.17. The van der Waals surface area contributed by atoms with Crippen LogP contribution in [0, 0.1) is 21.8 Å². The Labute approximate surface area is 117 Å². The van der Waals surface area contributed by atoms with Gasteiger partial charge in [-0.15, -0.1) is 0 Å². The quantitative estimate of drug-likeness (QED) is 0.665. The predicted molar refractivity (Wildman–Crippen MR) is 76.3 cm³/mol. The minimum Gasteiger partial charge on any atom is -0.363 e. The normalized spacial score (nSPS) is 21.9. The summed E-state index contributed by atoms with van der Waals surface area (Å²) in [7, 11) is 0. The molecule has 0 heterocycles. The van der Waals surface area contributed by atoms with Gasteiger partial charge in [0, 0.05) is 24.7 Å². The van der Waals surface area contributed by atoms with Crippen molar-refractivity contribution in [2.45, 2.75) is 32.2 Å². The zero-order chi connectivity index (χ0) is 14.7. The average Bonchev–Trinajstić information content (AvgIpc) is 2.87. The molecule has 1 saturated carbocycles. The molecule has 2 N–H and O–H groups in total. The molecule has 0 aromatic heterocycles. The summed E-state index contributed by atoms with van der Waals surface area (Å²) in [6, 6.07) is 3.78. The summed E-state index contributed by atoms with van der Waals surface area (Å²) in [5.74, 6) is -0.135. The molecule has 5 nitrogen and oxygen atoms in total. The van der Waals surface area contributed by atoms with Crippen LogP contribution in [0.25, 0.3) is 0 Å². The molecule has 0 amide bonds. The fraction of sp³-hybridized carbons (Fsp3) is 0.571. The highest BCUT2D eigenvalue weighted by atomic mass is 19.1. The Morgan fingerprint density at radius 3 is 2.85 bits per heavy atom. The number of hydrogen-bond donors (Lipinski definition) is 1. The lowest BCUT2D eigenvalue weighted by molar-refractivity contribution is -0.384. The molecule has 1 aromatic carbocycles. The SMILES string of the molecule is CCN(c1cc(F)ccc1[N+](=O)[O-])C1CCCC1CN. The second-order valence-corrected chi connectivity index (χ2v) is 5.17. The molecule has 2 atom stereocenters. The van der Waals surface area contributed by atoms with Gasteiger partial charge in [0.05, 0.1) is 4.92 Å². The number of rotatable bonds is 5. The Balaban J connectivity index is 2.40. The Hall–Kier alpha value is -1.69. The van der Waals surface area contributed by atoms with Crippen molar-refractivity contribution >= 4 is 11.4 Å². The fourth-order valence-corrected chi connectivity index (χ4v) is 3.17. The van der Waals surface area contributed by atoms with E-state index in [4.69, 9.17) is 5.73 Å². The maximum atomic E-state index is 13.5. The molecule has 0 radical (unpaired) electrons. The third-order valence-electron chi connectivity index (χ3n) is 4.11. The Bertz CT molecular complexity index is 495. The Morgan fingerprint density at radius 1 is 1.50 bits per heavy atom. The van der Waals surface area contributed by atoms with Crippen LogP contribution in [0.2, 0.25) is 0 Å². The third kappa shape index (κ3) is 2.75. The molecule has 1 aliphatic rings. The Morgan fingerprint density at radius 2 is 2.25 bits per heavy atom. The molecule has 110 valence electrons. The molecule has 2 rings (SSSR count). The van der Waals surface area contributed by atoms with Gasteiger partial charge >= 0.3 is 0 Å². The van der Waals surface area contributed by atoms with Gasteiger partial charge in [0.15, 0.2) is 0 Å². The lowest BCUT2D eigenvalue weighted by Crippen LogP contribution is -2.40. The molecule has 1 fully saturated rings. The first kappa shape index (κ1) is 14.7. The van der Waals surface area contributed by atoms with Crippen molar-refractivity contribution in [2.75, 3.05) is 18.0 Å². The van der Waals surface area contributed by atoms with Gasteiger partial charge in [-0.2, -0.15) is 0 Å². The monoisotopic (exact) mass is 281 g/mol. The molecule has 2 unspecified atom stereocenters. The van der Waals surface area contributed by atoms with E-state index < -0.39 is 10.7 Å². The highest BCUT2D eigenvalue weighted by Gasteiger charge is 2.33. The van der Waals surface area contributed by atoms with Gasteiger partial charge < -0.3 is 10.6 Å². The number of nitrogens with two attached hydrogens (primary N) is 1. The maximum Gasteiger partial charge on any atom is 0.292 e. The molecule has 20 heavy (non-hydrogen) atoms. The molecular formula is C14H20FN3O2. The van der Waals surface area contributed by atoms with Crippen molar-refractivity contribution in [1.29, 1.82) is 0 Å². The Kier molecular flexibility index (Phi) is 4.54. The van der Waals surface area contributed by atoms with E-state index in [1.54, 1.807) is 0 Å². The van der Waals surface area contributed by atoms with Gasteiger partial charge in [0.25, 0.3) is 5.69 Å². The molecule has 1 aromatic rings. The summed E-state index contributed by atoms with van der Waals surface area (Å²) in [5, 5.41) is 11.2. The smallest absolute Gasteiger partial charge is 0.292 e. The zero-order valence-electron chi connectivity index (χ0n) is 11.6. The predicted octanol–water partition coefficient (Wildman–Crippen LogP) is 2.69. The van der Waals surface area contributed by atoms with Crippen LogP contribution < -0.4 is 10.6 Å². The largest absolute Gasteiger partial charge is 0.363 e. The molecule has 0 spiro atoms. The van der Waals surface area contributed by atoms with E-state index >= 15 is 0 Å². The van der Waals surface area contributed by atoms with Crippen LogP contribution in [0.1, 0.15) is 26.2 Å². The number of halogens is 1. The summed E-state index contributed by atoms with van der Waals surface area (Å²) >= 11 is 0. The van der Waals surface area contributed by atoms with Crippen molar-refractivity contribution in [2.24, 2.45) is 11.7 Å². The van der Waals surface area contributed by atoms with Crippen molar-refractivity contribution in [3.05, 3.63) is 34.1 Å². The second-order valence-electron chi connectivity index (χ2n) is 5.17. The van der Waals surface area contributed by atoms with Crippen molar-refractivity contribution in [3.63, 3.8) is 0 Å². The van der Waals surface area contributed by atoms with Crippen LogP contribution >= 0.6 is 0 Å². The number of nitro benzene ring substituents is 1. The molecule has 1 aliphatic carbocycles. The first-order valence-corrected chi connectivity index (χ1v) is 6.99. The summed E-state index contributed by atoms with van der Waals surface area (Å²) in [5.41, 5.74) is 6.11. The number of hydrogen-bond acceptors (Lipinski definition) is 4. The van der Waals surface area contributed by atoms with Crippen LogP contribution in [0.5, 0.6) is 0 Å². The summed E-state index contributed by atoms with van der Waals surface area (Å²) in [4.78, 5) is 12.6. The highest BCUT2D eigenvalue weighted by molar-refractivity contribution is 5.64. The summed E-state index contributed by atoms with van der Waals surface area (Å²) in [6.45, 7) is 3.09. The van der Waals surface area contributed by atoms with E-state index in [0.717, 1.165) is 25.3 Å². The van der Waals surface area contributed by atoms with Crippen molar-refractivity contribution in [1.82, 2.24) is 0 Å². The van der Waals surface area contributed by atoms with Crippen molar-refractivity contribution in [3.8, 4) is 0 Å². The van der Waals surface area contributed by atoms with E-state index in [0.29, 0.717) is 24.7 Å². The van der Waals surface area contributed by atoms with Gasteiger partial charge in [-0.3, -0.25) is 10.1 Å². The van der Waals surface area contributed by atoms with Crippen molar-refractivity contribution < 1.29 is 9.31 Å². The van der Waals surface area contributed by atoms with Gasteiger partial charge in [-0.25, -0.2) is 4.39 Å². The average molecular weight is 281 g/mol. The molecule has 0 bridgehead atoms. The maximum absolute atomic E-state index is 13.5. The highest BCUT2D eigenvalue weighted by Crippen LogP contribution is 2.36. The van der Waals surface area contributed by atoms with Gasteiger partial charge in [0.1, 0.15) is 11.5 Å². The summed E-state index contributed by atoms with van der Waals surface area (Å²) < 4.78 is 13.5. The molecule has 6 heteroatoms. The third-order valence-corrected chi connectivity index (χ3v) is 4.11. The first-order chi connectivity index (χ1) is 9.58. The van der Waals surface area contributed by atoms with Crippen LogP contribution in [-0.4, -0.2) is 24.1 Å². The van der Waals surface area contributed by atoms with Crippen LogP contribution in [0.15, 0.2) is 18.2 Å². The van der Waals surface area contributed by atoms with E-state index in [2.05, 4.69) is 0 Å². The standard InChI is InChI=1S/C14H20FN3O2/c1-2-17(12-5-3-4-10(12)9-16)14-8-11(15)6-7-13(14)18(19)20/h6-8,10,12H,2-5,9,16H2,1H3. The topological polar surface area (TPSA) is 72.4 Å². The van der Waals surface area contributed by atoms with Gasteiger partial charge in [-0.05, 0) is 38.3 Å². The van der Waals surface area contributed by atoms with E-state index in [-0.39, 0.29) is 11.7 Å². The lowest BCUT2D eigenvalue weighted by Gasteiger charge is -2.33. The minimum absolute atomic E-state index is 0.0454.